The summed E-state index contributed by atoms with van der Waals surface area (Å²) in [6.07, 6.45) is 6.10. The highest BCUT2D eigenvalue weighted by Crippen LogP contribution is 2.30. The molecule has 1 aromatic heterocycles. The molecule has 1 aromatic carbocycles. The zero-order valence-electron chi connectivity index (χ0n) is 13.2. The molecule has 0 saturated heterocycles. The van der Waals surface area contributed by atoms with Crippen LogP contribution in [0.25, 0.3) is 6.08 Å². The van der Waals surface area contributed by atoms with Crippen molar-refractivity contribution in [2.75, 3.05) is 14.2 Å². The van der Waals surface area contributed by atoms with E-state index in [1.54, 1.807) is 31.6 Å². The molecule has 0 saturated carbocycles. The maximum atomic E-state index is 11.2. The lowest BCUT2D eigenvalue weighted by Crippen LogP contribution is -1.93. The Morgan fingerprint density at radius 1 is 1.17 bits per heavy atom. The van der Waals surface area contributed by atoms with Crippen LogP contribution in [-0.4, -0.2) is 25.2 Å². The van der Waals surface area contributed by atoms with Crippen molar-refractivity contribution in [3.05, 3.63) is 53.9 Å². The molecule has 2 rings (SSSR count). The van der Waals surface area contributed by atoms with E-state index in [2.05, 4.69) is 19.9 Å². The number of hydrogen-bond acceptors (Lipinski definition) is 6. The van der Waals surface area contributed by atoms with Crippen molar-refractivity contribution >= 4 is 23.4 Å². The smallest absolute Gasteiger partial charge is 0.330 e. The number of ether oxygens (including phenoxy) is 2. The molecule has 0 aliphatic heterocycles. The van der Waals surface area contributed by atoms with Crippen molar-refractivity contribution in [1.82, 2.24) is 4.98 Å². The Morgan fingerprint density at radius 2 is 1.96 bits per heavy atom. The first-order chi connectivity index (χ1) is 11.1. The highest BCUT2D eigenvalue weighted by Gasteiger charge is 2.03. The molecule has 0 aliphatic rings. The third-order valence-corrected chi connectivity index (χ3v) is 3.03. The van der Waals surface area contributed by atoms with E-state index < -0.39 is 5.97 Å². The minimum Gasteiger partial charge on any atom is -0.494 e. The number of azo groups is 1. The van der Waals surface area contributed by atoms with Crippen LogP contribution in [0.5, 0.6) is 5.75 Å². The number of nitrogens with zero attached hydrogens (tertiary/aromatic N) is 3. The number of esters is 1. The van der Waals surface area contributed by atoms with E-state index in [4.69, 9.17) is 4.74 Å². The lowest BCUT2D eigenvalue weighted by Gasteiger charge is -2.04. The number of aromatic nitrogens is 1. The molecule has 0 spiro atoms. The Labute approximate surface area is 134 Å². The number of carbonyl (C=O) groups excluding carboxylic acids is 1. The van der Waals surface area contributed by atoms with Gasteiger partial charge in [-0.15, -0.1) is 10.2 Å². The number of rotatable bonds is 5. The maximum absolute atomic E-state index is 11.2. The molecule has 0 atom stereocenters. The van der Waals surface area contributed by atoms with E-state index in [1.165, 1.54) is 13.2 Å². The van der Waals surface area contributed by atoms with Crippen molar-refractivity contribution < 1.29 is 14.3 Å². The number of hydrogen-bond donors (Lipinski definition) is 0. The molecule has 0 unspecified atom stereocenters. The summed E-state index contributed by atoms with van der Waals surface area (Å²) in [7, 11) is 2.90. The predicted octanol–water partition coefficient (Wildman–Crippen LogP) is 4.00. The number of methoxy groups -OCH3 is 2. The normalized spacial score (nSPS) is 11.1. The molecule has 118 valence electrons. The fraction of sp³-hybridized carbons (Fsp3) is 0.176. The van der Waals surface area contributed by atoms with Crippen LogP contribution < -0.4 is 4.74 Å². The fourth-order valence-corrected chi connectivity index (χ4v) is 1.83. The number of pyridine rings is 1. The fourth-order valence-electron chi connectivity index (χ4n) is 1.83. The average Bonchev–Trinajstić information content (AvgIpc) is 2.58. The summed E-state index contributed by atoms with van der Waals surface area (Å²) < 4.78 is 9.84. The summed E-state index contributed by atoms with van der Waals surface area (Å²) >= 11 is 0. The van der Waals surface area contributed by atoms with Crippen LogP contribution in [-0.2, 0) is 9.53 Å². The number of aryl methyl sites for hydroxylation is 1. The van der Waals surface area contributed by atoms with Crippen LogP contribution in [0.3, 0.4) is 0 Å². The molecule has 6 heteroatoms. The van der Waals surface area contributed by atoms with Crippen LogP contribution in [0.15, 0.2) is 53.0 Å². The van der Waals surface area contributed by atoms with Gasteiger partial charge < -0.3 is 9.47 Å². The zero-order chi connectivity index (χ0) is 16.7. The second-order valence-corrected chi connectivity index (χ2v) is 4.67. The summed E-state index contributed by atoms with van der Waals surface area (Å²) in [4.78, 5) is 15.2. The van der Waals surface area contributed by atoms with Gasteiger partial charge in [-0.25, -0.2) is 4.79 Å². The SMILES string of the molecule is COC(=O)/C=C/c1cnccc1/N=N\c1cc(C)ccc1OC. The third kappa shape index (κ3) is 4.47. The molecule has 0 aliphatic carbocycles. The van der Waals surface area contributed by atoms with Crippen molar-refractivity contribution in [3.63, 3.8) is 0 Å². The highest BCUT2D eigenvalue weighted by atomic mass is 16.5. The van der Waals surface area contributed by atoms with E-state index in [0.29, 0.717) is 22.7 Å². The molecular weight excluding hydrogens is 294 g/mol. The van der Waals surface area contributed by atoms with Crippen molar-refractivity contribution in [1.29, 1.82) is 0 Å². The summed E-state index contributed by atoms with van der Waals surface area (Å²) in [6, 6.07) is 7.37. The first-order valence-corrected chi connectivity index (χ1v) is 6.90. The van der Waals surface area contributed by atoms with Crippen LogP contribution in [0.2, 0.25) is 0 Å². The van der Waals surface area contributed by atoms with Crippen LogP contribution in [0.4, 0.5) is 11.4 Å². The first-order valence-electron chi connectivity index (χ1n) is 6.90. The van der Waals surface area contributed by atoms with Gasteiger partial charge in [0.05, 0.1) is 19.9 Å². The first kappa shape index (κ1) is 16.4. The van der Waals surface area contributed by atoms with Crippen molar-refractivity contribution in [2.45, 2.75) is 6.92 Å². The maximum Gasteiger partial charge on any atom is 0.330 e. The largest absolute Gasteiger partial charge is 0.494 e. The van der Waals surface area contributed by atoms with Gasteiger partial charge in [-0.1, -0.05) is 6.07 Å². The van der Waals surface area contributed by atoms with Gasteiger partial charge in [-0.2, -0.15) is 0 Å². The molecule has 0 bridgehead atoms. The summed E-state index contributed by atoms with van der Waals surface area (Å²) in [5, 5.41) is 8.47. The monoisotopic (exact) mass is 311 g/mol. The van der Waals surface area contributed by atoms with Crippen LogP contribution in [0.1, 0.15) is 11.1 Å². The Morgan fingerprint density at radius 3 is 2.70 bits per heavy atom. The number of benzene rings is 1. The van der Waals surface area contributed by atoms with Crippen molar-refractivity contribution in [2.24, 2.45) is 10.2 Å². The zero-order valence-corrected chi connectivity index (χ0v) is 13.2. The molecule has 0 fully saturated rings. The molecule has 23 heavy (non-hydrogen) atoms. The van der Waals surface area contributed by atoms with E-state index in [9.17, 15) is 4.79 Å². The lowest BCUT2D eigenvalue weighted by atomic mass is 10.2. The van der Waals surface area contributed by atoms with E-state index in [0.717, 1.165) is 5.56 Å². The third-order valence-electron chi connectivity index (χ3n) is 3.03. The molecule has 0 N–H and O–H groups in total. The molecule has 0 amide bonds. The molecule has 2 aromatic rings. The van der Waals surface area contributed by atoms with Gasteiger partial charge >= 0.3 is 5.97 Å². The second-order valence-electron chi connectivity index (χ2n) is 4.67. The topological polar surface area (TPSA) is 73.1 Å². The lowest BCUT2D eigenvalue weighted by molar-refractivity contribution is -0.134. The van der Waals surface area contributed by atoms with E-state index >= 15 is 0 Å². The molecular formula is C17H17N3O3. The standard InChI is InChI=1S/C17H17N3O3/c1-12-4-6-16(22-2)15(10-12)20-19-14-8-9-18-11-13(14)5-7-17(21)23-3/h4-11H,1-3H3/b7-5+,20-19-. The van der Waals surface area contributed by atoms with Crippen LogP contribution in [0, 0.1) is 6.92 Å². The predicted molar refractivity (Wildman–Crippen MR) is 87.2 cm³/mol. The molecule has 1 heterocycles. The van der Waals surface area contributed by atoms with Gasteiger partial charge in [0.25, 0.3) is 0 Å². The number of carbonyl (C=O) groups is 1. The van der Waals surface area contributed by atoms with Gasteiger partial charge in [0.1, 0.15) is 11.4 Å². The van der Waals surface area contributed by atoms with Gasteiger partial charge in [-0.05, 0) is 36.8 Å². The minimum atomic E-state index is -0.447. The summed E-state index contributed by atoms with van der Waals surface area (Å²) in [5.41, 5.74) is 2.93. The Hall–Kier alpha value is -3.02. The minimum absolute atomic E-state index is 0.447. The van der Waals surface area contributed by atoms with Crippen LogP contribution >= 0.6 is 0 Å². The molecule has 6 nitrogen and oxygen atoms in total. The van der Waals surface area contributed by atoms with Gasteiger partial charge in [0.15, 0.2) is 0 Å². The summed E-state index contributed by atoms with van der Waals surface area (Å²) in [6.45, 7) is 1.97. The Kier molecular flexibility index (Phi) is 5.57. The van der Waals surface area contributed by atoms with Gasteiger partial charge in [0, 0.05) is 24.0 Å². The average molecular weight is 311 g/mol. The quantitative estimate of drug-likeness (QED) is 0.475. The highest BCUT2D eigenvalue weighted by molar-refractivity contribution is 5.87. The Bertz CT molecular complexity index is 754. The Balaban J connectivity index is 2.32. The second kappa shape index (κ2) is 7.84. The summed E-state index contributed by atoms with van der Waals surface area (Å²) in [5.74, 6) is 0.192. The van der Waals surface area contributed by atoms with Crippen molar-refractivity contribution in [3.8, 4) is 5.75 Å². The van der Waals surface area contributed by atoms with Gasteiger partial charge in [-0.3, -0.25) is 4.98 Å². The van der Waals surface area contributed by atoms with Gasteiger partial charge in [0.2, 0.25) is 0 Å². The van der Waals surface area contributed by atoms with E-state index in [-0.39, 0.29) is 0 Å². The van der Waals surface area contributed by atoms with E-state index in [1.807, 2.05) is 25.1 Å². The molecule has 0 radical (unpaired) electrons.